The van der Waals surface area contributed by atoms with E-state index in [1.54, 1.807) is 0 Å². The van der Waals surface area contributed by atoms with Crippen LogP contribution >= 0.6 is 0 Å². The zero-order valence-corrected chi connectivity index (χ0v) is 7.71. The van der Waals surface area contributed by atoms with Gasteiger partial charge in [-0.2, -0.15) is 0 Å². The van der Waals surface area contributed by atoms with E-state index in [2.05, 4.69) is 19.2 Å². The van der Waals surface area contributed by atoms with E-state index < -0.39 is 5.97 Å². The molecule has 0 radical (unpaired) electrons. The fourth-order valence-electron chi connectivity index (χ4n) is 1.98. The van der Waals surface area contributed by atoms with E-state index in [9.17, 15) is 4.79 Å². The zero-order chi connectivity index (χ0) is 9.14. The van der Waals surface area contributed by atoms with Crippen LogP contribution in [0.5, 0.6) is 0 Å². The second-order valence-corrected chi connectivity index (χ2v) is 3.92. The van der Waals surface area contributed by atoms with Gasteiger partial charge in [0.2, 0.25) is 0 Å². The van der Waals surface area contributed by atoms with Crippen molar-refractivity contribution in [2.24, 2.45) is 17.8 Å². The number of nitrogens with one attached hydrogen (secondary N) is 1. The zero-order valence-electron chi connectivity index (χ0n) is 7.71. The Morgan fingerprint density at radius 1 is 1.58 bits per heavy atom. The van der Waals surface area contributed by atoms with Crippen LogP contribution in [0.3, 0.4) is 0 Å². The minimum absolute atomic E-state index is 0.315. The highest BCUT2D eigenvalue weighted by atomic mass is 16.4. The Morgan fingerprint density at radius 2 is 2.25 bits per heavy atom. The SMILES string of the molecule is CC(C)[C@H]1CNC[C@H]1CC(=O)O. The van der Waals surface area contributed by atoms with Gasteiger partial charge in [0.05, 0.1) is 0 Å². The van der Waals surface area contributed by atoms with Crippen molar-refractivity contribution < 1.29 is 9.90 Å². The van der Waals surface area contributed by atoms with E-state index in [-0.39, 0.29) is 0 Å². The normalized spacial score (nSPS) is 29.6. The maximum Gasteiger partial charge on any atom is 0.303 e. The summed E-state index contributed by atoms with van der Waals surface area (Å²) in [6.07, 6.45) is 0.315. The van der Waals surface area contributed by atoms with Gasteiger partial charge in [0.1, 0.15) is 0 Å². The monoisotopic (exact) mass is 171 g/mol. The van der Waals surface area contributed by atoms with Crippen LogP contribution in [-0.2, 0) is 4.79 Å². The van der Waals surface area contributed by atoms with Crippen LogP contribution in [-0.4, -0.2) is 24.2 Å². The second kappa shape index (κ2) is 3.90. The molecule has 1 fully saturated rings. The number of rotatable bonds is 3. The molecule has 12 heavy (non-hydrogen) atoms. The Balaban J connectivity index is 2.46. The molecule has 1 aliphatic rings. The van der Waals surface area contributed by atoms with Gasteiger partial charge in [-0.05, 0) is 30.8 Å². The molecule has 0 unspecified atom stereocenters. The first-order valence-corrected chi connectivity index (χ1v) is 4.53. The Kier molecular flexibility index (Phi) is 3.09. The quantitative estimate of drug-likeness (QED) is 0.664. The van der Waals surface area contributed by atoms with Crippen molar-refractivity contribution in [3.63, 3.8) is 0 Å². The molecule has 2 atom stereocenters. The summed E-state index contributed by atoms with van der Waals surface area (Å²) in [5.41, 5.74) is 0. The molecule has 3 heteroatoms. The molecule has 0 aliphatic carbocycles. The third-order valence-electron chi connectivity index (χ3n) is 2.69. The molecule has 0 aromatic carbocycles. The molecule has 1 aliphatic heterocycles. The van der Waals surface area contributed by atoms with E-state index in [4.69, 9.17) is 5.11 Å². The summed E-state index contributed by atoms with van der Waals surface area (Å²) in [4.78, 5) is 10.5. The fraction of sp³-hybridized carbons (Fsp3) is 0.889. The third-order valence-corrected chi connectivity index (χ3v) is 2.69. The van der Waals surface area contributed by atoms with E-state index in [1.165, 1.54) is 0 Å². The van der Waals surface area contributed by atoms with Crippen LogP contribution in [0.1, 0.15) is 20.3 Å². The molecule has 0 spiro atoms. The number of carbonyl (C=O) groups is 1. The first-order chi connectivity index (χ1) is 5.61. The van der Waals surface area contributed by atoms with Gasteiger partial charge >= 0.3 is 5.97 Å². The van der Waals surface area contributed by atoms with Gasteiger partial charge in [-0.15, -0.1) is 0 Å². The third kappa shape index (κ3) is 2.21. The molecule has 0 amide bonds. The summed E-state index contributed by atoms with van der Waals surface area (Å²) >= 11 is 0. The largest absolute Gasteiger partial charge is 0.481 e. The minimum atomic E-state index is -0.672. The van der Waals surface area contributed by atoms with Gasteiger partial charge in [-0.1, -0.05) is 13.8 Å². The smallest absolute Gasteiger partial charge is 0.303 e. The Morgan fingerprint density at radius 3 is 2.75 bits per heavy atom. The molecule has 0 bridgehead atoms. The summed E-state index contributed by atoms with van der Waals surface area (Å²) in [6, 6.07) is 0. The Bertz CT molecular complexity index is 168. The molecule has 3 nitrogen and oxygen atoms in total. The molecule has 1 heterocycles. The van der Waals surface area contributed by atoms with Crippen molar-refractivity contribution in [1.29, 1.82) is 0 Å². The lowest BCUT2D eigenvalue weighted by atomic mass is 9.84. The van der Waals surface area contributed by atoms with Gasteiger partial charge in [-0.3, -0.25) is 4.79 Å². The predicted octanol–water partition coefficient (Wildman–Crippen LogP) is 0.953. The lowest BCUT2D eigenvalue weighted by molar-refractivity contribution is -0.138. The lowest BCUT2D eigenvalue weighted by Crippen LogP contribution is -2.20. The summed E-state index contributed by atoms with van der Waals surface area (Å²) in [5, 5.41) is 11.9. The number of aliphatic carboxylic acids is 1. The van der Waals surface area contributed by atoms with E-state index in [1.807, 2.05) is 0 Å². The maximum absolute atomic E-state index is 10.5. The number of carboxylic acid groups (broad SMARTS) is 1. The molecule has 0 aromatic heterocycles. The summed E-state index contributed by atoms with van der Waals surface area (Å²) in [7, 11) is 0. The summed E-state index contributed by atoms with van der Waals surface area (Å²) in [5.74, 6) is 0.794. The summed E-state index contributed by atoms with van der Waals surface area (Å²) in [6.45, 7) is 6.17. The average Bonchev–Trinajstić information content (AvgIpc) is 2.33. The fourth-order valence-corrected chi connectivity index (χ4v) is 1.98. The standard InChI is InChI=1S/C9H17NO2/c1-6(2)8-5-10-4-7(8)3-9(11)12/h6-8,10H,3-5H2,1-2H3,(H,11,12)/t7-,8-/m1/s1. The van der Waals surface area contributed by atoms with Gasteiger partial charge in [0, 0.05) is 6.42 Å². The van der Waals surface area contributed by atoms with Crippen LogP contribution in [0.4, 0.5) is 0 Å². The molecule has 70 valence electrons. The van der Waals surface area contributed by atoms with Crippen molar-refractivity contribution in [2.75, 3.05) is 13.1 Å². The van der Waals surface area contributed by atoms with E-state index in [0.717, 1.165) is 13.1 Å². The Hall–Kier alpha value is -0.570. The van der Waals surface area contributed by atoms with Gasteiger partial charge < -0.3 is 10.4 Å². The van der Waals surface area contributed by atoms with Gasteiger partial charge in [0.25, 0.3) is 0 Å². The molecule has 1 rings (SSSR count). The van der Waals surface area contributed by atoms with E-state index in [0.29, 0.717) is 24.2 Å². The minimum Gasteiger partial charge on any atom is -0.481 e. The number of hydrogen-bond donors (Lipinski definition) is 2. The van der Waals surface area contributed by atoms with Crippen molar-refractivity contribution in [3.8, 4) is 0 Å². The van der Waals surface area contributed by atoms with Crippen LogP contribution in [0.25, 0.3) is 0 Å². The highest BCUT2D eigenvalue weighted by Gasteiger charge is 2.30. The van der Waals surface area contributed by atoms with Crippen LogP contribution in [0.2, 0.25) is 0 Å². The maximum atomic E-state index is 10.5. The van der Waals surface area contributed by atoms with Crippen LogP contribution in [0.15, 0.2) is 0 Å². The molecule has 0 saturated carbocycles. The molecular weight excluding hydrogens is 154 g/mol. The topological polar surface area (TPSA) is 49.3 Å². The highest BCUT2D eigenvalue weighted by molar-refractivity contribution is 5.67. The first-order valence-electron chi connectivity index (χ1n) is 4.53. The second-order valence-electron chi connectivity index (χ2n) is 3.92. The lowest BCUT2D eigenvalue weighted by Gasteiger charge is -2.20. The van der Waals surface area contributed by atoms with Crippen molar-refractivity contribution in [1.82, 2.24) is 5.32 Å². The number of hydrogen-bond acceptors (Lipinski definition) is 2. The molecule has 1 saturated heterocycles. The van der Waals surface area contributed by atoms with Crippen molar-refractivity contribution in [3.05, 3.63) is 0 Å². The van der Waals surface area contributed by atoms with Crippen LogP contribution < -0.4 is 5.32 Å². The van der Waals surface area contributed by atoms with E-state index >= 15 is 0 Å². The Labute approximate surface area is 73.2 Å². The highest BCUT2D eigenvalue weighted by Crippen LogP contribution is 2.26. The predicted molar refractivity (Wildman–Crippen MR) is 46.9 cm³/mol. The average molecular weight is 171 g/mol. The molecular formula is C9H17NO2. The van der Waals surface area contributed by atoms with Gasteiger partial charge in [-0.25, -0.2) is 0 Å². The molecule has 2 N–H and O–H groups in total. The molecule has 0 aromatic rings. The van der Waals surface area contributed by atoms with Gasteiger partial charge in [0.15, 0.2) is 0 Å². The first kappa shape index (κ1) is 9.52. The van der Waals surface area contributed by atoms with Crippen molar-refractivity contribution >= 4 is 5.97 Å². The van der Waals surface area contributed by atoms with Crippen LogP contribution in [0, 0.1) is 17.8 Å². The summed E-state index contributed by atoms with van der Waals surface area (Å²) < 4.78 is 0. The number of carboxylic acids is 1. The van der Waals surface area contributed by atoms with Crippen molar-refractivity contribution in [2.45, 2.75) is 20.3 Å².